The predicted molar refractivity (Wildman–Crippen MR) is 259 cm³/mol. The van der Waals surface area contributed by atoms with E-state index in [2.05, 4.69) is 122 Å². The first-order chi connectivity index (χ1) is 31.3. The summed E-state index contributed by atoms with van der Waals surface area (Å²) in [5, 5.41) is 14.0. The number of aromatic nitrogens is 3. The molecule has 0 atom stereocenters. The monoisotopic (exact) mass is 1020 g/mol. The molecule has 1 N–H and O–H groups in total. The van der Waals surface area contributed by atoms with Gasteiger partial charge in [0, 0.05) is 43.3 Å². The fraction of sp³-hybridized carbons (Fsp3) is 0.0690. The Morgan fingerprint density at radius 1 is 0.538 bits per heavy atom. The summed E-state index contributed by atoms with van der Waals surface area (Å²) in [6, 6.07) is 65.2. The summed E-state index contributed by atoms with van der Waals surface area (Å²) >= 11 is 0. The summed E-state index contributed by atoms with van der Waals surface area (Å²) in [5.74, 6) is 0.749. The van der Waals surface area contributed by atoms with Crippen molar-refractivity contribution in [2.45, 2.75) is 26.2 Å². The molecule has 0 saturated carbocycles. The van der Waals surface area contributed by atoms with Gasteiger partial charge in [0.15, 0.2) is 0 Å². The molecule has 0 amide bonds. The molecule has 65 heavy (non-hydrogen) atoms. The van der Waals surface area contributed by atoms with Crippen LogP contribution in [-0.4, -0.2) is 19.6 Å². The molecule has 0 aliphatic rings. The van der Waals surface area contributed by atoms with Gasteiger partial charge < -0.3 is 13.9 Å². The summed E-state index contributed by atoms with van der Waals surface area (Å²) in [7, 11) is 0. The summed E-state index contributed by atoms with van der Waals surface area (Å²) < 4.78 is 14.9. The van der Waals surface area contributed by atoms with Crippen molar-refractivity contribution in [2.75, 3.05) is 0 Å². The number of pyridine rings is 1. The molecule has 0 fully saturated rings. The van der Waals surface area contributed by atoms with Gasteiger partial charge in [0.1, 0.15) is 22.7 Å². The number of benzene rings is 8. The standard InChI is InChI=1S/C58H40N3O3.Pt/c1-58(2,3)44-34-45(38-32-50-54-51(33-38)64-49-28-16-27-48(63-50)53(49)54)59-56(52(44)36-19-9-5-10-20-36)43-25-15-26-46-55(43)60-57(61(46)39-21-11-6-12-22-39)42-30-29-37(31-47(42)62)41-24-14-13-23-40(41)35-17-7-4-8-18-35;/h4-32,34,62H,1-3H3;/q-1;. The zero-order valence-corrected chi connectivity index (χ0v) is 38.0. The van der Waals surface area contributed by atoms with E-state index >= 15 is 0 Å². The van der Waals surface area contributed by atoms with Crippen LogP contribution < -0.4 is 0 Å². The molecular weight excluding hydrogens is 982 g/mol. The minimum atomic E-state index is -0.295. The first kappa shape index (κ1) is 40.3. The summed E-state index contributed by atoms with van der Waals surface area (Å²) in [5.41, 5.74) is 16.3. The van der Waals surface area contributed by atoms with Gasteiger partial charge in [-0.05, 0) is 92.3 Å². The van der Waals surface area contributed by atoms with Gasteiger partial charge in [0.25, 0.3) is 0 Å². The molecule has 7 heteroatoms. The van der Waals surface area contributed by atoms with Gasteiger partial charge in [0.2, 0.25) is 0 Å². The van der Waals surface area contributed by atoms with E-state index in [4.69, 9.17) is 18.8 Å². The number of phenols is 1. The largest absolute Gasteiger partial charge is 0.507 e. The molecule has 4 heterocycles. The zero-order valence-electron chi connectivity index (χ0n) is 35.7. The summed E-state index contributed by atoms with van der Waals surface area (Å²) in [6.45, 7) is 6.73. The van der Waals surface area contributed by atoms with Crippen molar-refractivity contribution in [1.29, 1.82) is 0 Å². The van der Waals surface area contributed by atoms with Gasteiger partial charge in [-0.25, -0.2) is 4.98 Å². The van der Waals surface area contributed by atoms with Crippen molar-refractivity contribution in [3.63, 3.8) is 0 Å². The van der Waals surface area contributed by atoms with Gasteiger partial charge in [-0.1, -0.05) is 166 Å². The third kappa shape index (κ3) is 6.67. The van der Waals surface area contributed by atoms with E-state index in [1.807, 2.05) is 91.0 Å². The fourth-order valence-electron chi connectivity index (χ4n) is 9.39. The first-order valence-electron chi connectivity index (χ1n) is 21.5. The second-order valence-corrected chi connectivity index (χ2v) is 17.4. The smallest absolute Gasteiger partial charge is 0.149 e. The molecule has 0 radical (unpaired) electrons. The van der Waals surface area contributed by atoms with Crippen LogP contribution in [0, 0.1) is 6.07 Å². The SMILES string of the molecule is CC(C)(C)c1cc(-c2[c-]c3oc4cccc5oc(c2)c3c45)nc(-c2cccc3c2nc(-c2ccc(-c4ccccc4-c4ccccc4)cc2O)n3-c2ccccc2)c1-c1ccccc1.[Pt]. The average Bonchev–Trinajstić information content (AvgIpc) is 4.04. The van der Waals surface area contributed by atoms with Crippen molar-refractivity contribution < 1.29 is 35.0 Å². The molecule has 316 valence electrons. The normalized spacial score (nSPS) is 11.9. The van der Waals surface area contributed by atoms with E-state index in [1.54, 1.807) is 0 Å². The van der Waals surface area contributed by atoms with Crippen LogP contribution in [0.5, 0.6) is 5.75 Å². The number of furan rings is 2. The second kappa shape index (κ2) is 15.6. The van der Waals surface area contributed by atoms with E-state index < -0.39 is 0 Å². The number of imidazole rings is 1. The second-order valence-electron chi connectivity index (χ2n) is 17.4. The van der Waals surface area contributed by atoms with E-state index in [1.165, 1.54) is 0 Å². The number of para-hydroxylation sites is 2. The Hall–Kier alpha value is -7.53. The van der Waals surface area contributed by atoms with Crippen LogP contribution in [0.25, 0.3) is 117 Å². The van der Waals surface area contributed by atoms with Gasteiger partial charge >= 0.3 is 0 Å². The molecule has 8 aromatic carbocycles. The van der Waals surface area contributed by atoms with Crippen LogP contribution in [0.2, 0.25) is 0 Å². The molecule has 0 aliphatic heterocycles. The van der Waals surface area contributed by atoms with E-state index in [0.29, 0.717) is 17.0 Å². The van der Waals surface area contributed by atoms with Crippen LogP contribution in [0.4, 0.5) is 0 Å². The Kier molecular flexibility index (Phi) is 9.67. The molecule has 4 aromatic heterocycles. The van der Waals surface area contributed by atoms with E-state index in [-0.39, 0.29) is 32.2 Å². The van der Waals surface area contributed by atoms with Crippen molar-refractivity contribution in [3.8, 4) is 78.7 Å². The maximum Gasteiger partial charge on any atom is 0.149 e. The van der Waals surface area contributed by atoms with Crippen LogP contribution in [0.15, 0.2) is 191 Å². The number of hydrogen-bond donors (Lipinski definition) is 1. The fourth-order valence-corrected chi connectivity index (χ4v) is 9.39. The van der Waals surface area contributed by atoms with Crippen LogP contribution in [-0.2, 0) is 26.5 Å². The summed E-state index contributed by atoms with van der Waals surface area (Å²) in [6.07, 6.45) is 0. The van der Waals surface area contributed by atoms with Crippen LogP contribution in [0.3, 0.4) is 0 Å². The number of phenolic OH excluding ortho intramolecular Hbond substituents is 1. The zero-order chi connectivity index (χ0) is 43.1. The molecule has 0 unspecified atom stereocenters. The Balaban J connectivity index is 0.00000469. The number of rotatable bonds is 7. The molecule has 0 bridgehead atoms. The van der Waals surface area contributed by atoms with Gasteiger partial charge in [-0.15, -0.1) is 5.56 Å². The molecule has 12 rings (SSSR count). The quantitative estimate of drug-likeness (QED) is 0.161. The molecular formula is C58H40N3O3Pt-. The van der Waals surface area contributed by atoms with E-state index in [9.17, 15) is 5.11 Å². The molecule has 0 aliphatic carbocycles. The van der Waals surface area contributed by atoms with Crippen molar-refractivity contribution in [2.24, 2.45) is 0 Å². The molecule has 6 nitrogen and oxygen atoms in total. The van der Waals surface area contributed by atoms with Crippen LogP contribution >= 0.6 is 0 Å². The van der Waals surface area contributed by atoms with Crippen molar-refractivity contribution in [1.82, 2.24) is 14.5 Å². The number of aromatic hydroxyl groups is 1. The predicted octanol–water partition coefficient (Wildman–Crippen LogP) is 15.3. The molecule has 12 aromatic rings. The topological polar surface area (TPSA) is 77.2 Å². The van der Waals surface area contributed by atoms with Gasteiger partial charge in [-0.3, -0.25) is 9.55 Å². The van der Waals surface area contributed by atoms with Crippen LogP contribution in [0.1, 0.15) is 26.3 Å². The maximum absolute atomic E-state index is 12.1. The van der Waals surface area contributed by atoms with Gasteiger partial charge in [0.05, 0.1) is 33.5 Å². The maximum atomic E-state index is 12.1. The molecule has 0 saturated heterocycles. The first-order valence-corrected chi connectivity index (χ1v) is 21.5. The van der Waals surface area contributed by atoms with E-state index in [0.717, 1.165) is 106 Å². The minimum absolute atomic E-state index is 0. The van der Waals surface area contributed by atoms with Crippen molar-refractivity contribution in [3.05, 3.63) is 194 Å². The third-order valence-corrected chi connectivity index (χ3v) is 12.3. The molecule has 0 spiro atoms. The Morgan fingerprint density at radius 3 is 1.88 bits per heavy atom. The average molecular weight is 1020 g/mol. The van der Waals surface area contributed by atoms with Gasteiger partial charge in [-0.2, -0.15) is 0 Å². The number of fused-ring (bicyclic) bond motifs is 1. The minimum Gasteiger partial charge on any atom is -0.507 e. The number of nitrogens with zero attached hydrogens (tertiary/aromatic N) is 3. The Labute approximate surface area is 390 Å². The summed E-state index contributed by atoms with van der Waals surface area (Å²) in [4.78, 5) is 11.1. The Bertz CT molecular complexity index is 3650. The Morgan fingerprint density at radius 2 is 1.17 bits per heavy atom. The number of hydrogen-bond acceptors (Lipinski definition) is 5. The third-order valence-electron chi connectivity index (χ3n) is 12.3. The van der Waals surface area contributed by atoms with Crippen molar-refractivity contribution >= 4 is 44.1 Å².